The molecule has 2 aromatic rings. The van der Waals surface area contributed by atoms with E-state index in [1.54, 1.807) is 0 Å². The minimum atomic E-state index is -0.234. The number of ether oxygens (including phenoxy) is 1. The number of carbonyl (C=O) groups is 1. The highest BCUT2D eigenvalue weighted by molar-refractivity contribution is 5.83. The number of hydrogen-bond donors (Lipinski definition) is 2. The van der Waals surface area contributed by atoms with Crippen molar-refractivity contribution in [2.75, 3.05) is 18.5 Å². The first-order chi connectivity index (χ1) is 11.2. The fourth-order valence-electron chi connectivity index (χ4n) is 1.86. The summed E-state index contributed by atoms with van der Waals surface area (Å²) in [7, 11) is 0. The normalized spacial score (nSPS) is 10.5. The lowest BCUT2D eigenvalue weighted by molar-refractivity contribution is -0.119. The van der Waals surface area contributed by atoms with Gasteiger partial charge in [0.1, 0.15) is 5.75 Å². The van der Waals surface area contributed by atoms with E-state index in [1.807, 2.05) is 56.3 Å². The van der Waals surface area contributed by atoms with Gasteiger partial charge < -0.3 is 10.1 Å². The lowest BCUT2D eigenvalue weighted by atomic mass is 10.3. The van der Waals surface area contributed by atoms with Gasteiger partial charge in [-0.15, -0.1) is 0 Å². The van der Waals surface area contributed by atoms with Crippen molar-refractivity contribution in [3.05, 3.63) is 53.9 Å². The second kappa shape index (κ2) is 8.53. The van der Waals surface area contributed by atoms with Gasteiger partial charge in [0, 0.05) is 11.4 Å². The fraction of sp³-hybridized carbons (Fsp3) is 0.235. The summed E-state index contributed by atoms with van der Waals surface area (Å²) in [5.74, 6) is 0.570. The smallest absolute Gasteiger partial charge is 0.259 e. The predicted octanol–water partition coefficient (Wildman–Crippen LogP) is 2.35. The molecule has 0 radical (unpaired) electrons. The quantitative estimate of drug-likeness (QED) is 0.608. The van der Waals surface area contributed by atoms with E-state index in [4.69, 9.17) is 4.74 Å². The van der Waals surface area contributed by atoms with Crippen molar-refractivity contribution < 1.29 is 9.53 Å². The van der Waals surface area contributed by atoms with E-state index in [0.29, 0.717) is 12.3 Å². The number of pyridine rings is 1. The average Bonchev–Trinajstić information content (AvgIpc) is 2.55. The van der Waals surface area contributed by atoms with Crippen LogP contribution < -0.4 is 15.5 Å². The zero-order chi connectivity index (χ0) is 16.5. The van der Waals surface area contributed by atoms with Crippen molar-refractivity contribution in [3.8, 4) is 5.75 Å². The van der Waals surface area contributed by atoms with E-state index >= 15 is 0 Å². The summed E-state index contributed by atoms with van der Waals surface area (Å²) in [5.41, 5.74) is 4.90. The molecule has 1 heterocycles. The Morgan fingerprint density at radius 1 is 1.26 bits per heavy atom. The van der Waals surface area contributed by atoms with Crippen molar-refractivity contribution in [3.63, 3.8) is 0 Å². The molecule has 0 spiro atoms. The molecule has 1 aromatic carbocycles. The first-order valence-corrected chi connectivity index (χ1v) is 7.39. The third-order valence-corrected chi connectivity index (χ3v) is 2.91. The van der Waals surface area contributed by atoms with Gasteiger partial charge in [-0.3, -0.25) is 9.78 Å². The molecule has 120 valence electrons. The molecule has 0 saturated carbocycles. The van der Waals surface area contributed by atoms with Crippen LogP contribution in [0.2, 0.25) is 0 Å². The third kappa shape index (κ3) is 5.78. The van der Waals surface area contributed by atoms with Crippen LogP contribution in [0.1, 0.15) is 18.3 Å². The van der Waals surface area contributed by atoms with Crippen molar-refractivity contribution >= 4 is 17.8 Å². The van der Waals surface area contributed by atoms with Crippen LogP contribution in [0.3, 0.4) is 0 Å². The highest BCUT2D eigenvalue weighted by atomic mass is 16.5. The summed E-state index contributed by atoms with van der Waals surface area (Å²) >= 11 is 0. The van der Waals surface area contributed by atoms with Crippen molar-refractivity contribution in [2.24, 2.45) is 5.10 Å². The Morgan fingerprint density at radius 3 is 2.74 bits per heavy atom. The number of aryl methyl sites for hydroxylation is 1. The number of benzene rings is 1. The molecule has 23 heavy (non-hydrogen) atoms. The van der Waals surface area contributed by atoms with E-state index in [0.717, 1.165) is 17.1 Å². The molecule has 0 fully saturated rings. The fourth-order valence-corrected chi connectivity index (χ4v) is 1.86. The van der Waals surface area contributed by atoms with Crippen molar-refractivity contribution in [1.29, 1.82) is 0 Å². The Hall–Kier alpha value is -2.89. The molecule has 1 aromatic heterocycles. The van der Waals surface area contributed by atoms with Gasteiger partial charge in [-0.05, 0) is 50.2 Å². The summed E-state index contributed by atoms with van der Waals surface area (Å²) in [6.07, 6.45) is 1.52. The molecule has 0 aliphatic rings. The highest BCUT2D eigenvalue weighted by Gasteiger charge is 2.00. The average molecular weight is 312 g/mol. The predicted molar refractivity (Wildman–Crippen MR) is 90.8 cm³/mol. The first kappa shape index (κ1) is 16.5. The number of hydrazone groups is 1. The SMILES string of the molecule is CCOc1ccc(NCC(=O)N/N=C/c2cccc(C)n2)cc1. The second-order valence-corrected chi connectivity index (χ2v) is 4.81. The summed E-state index contributed by atoms with van der Waals surface area (Å²) < 4.78 is 5.36. The molecule has 2 rings (SSSR count). The van der Waals surface area contributed by atoms with Gasteiger partial charge in [0.2, 0.25) is 0 Å². The van der Waals surface area contributed by atoms with Crippen LogP contribution in [-0.4, -0.2) is 30.3 Å². The monoisotopic (exact) mass is 312 g/mol. The Balaban J connectivity index is 1.76. The van der Waals surface area contributed by atoms with Gasteiger partial charge in [0.05, 0.1) is 25.1 Å². The first-order valence-electron chi connectivity index (χ1n) is 7.39. The molecular formula is C17H20N4O2. The molecule has 0 aliphatic carbocycles. The van der Waals surface area contributed by atoms with E-state index in [1.165, 1.54) is 6.21 Å². The zero-order valence-electron chi connectivity index (χ0n) is 13.2. The summed E-state index contributed by atoms with van der Waals surface area (Å²) in [6, 6.07) is 13.0. The van der Waals surface area contributed by atoms with Crippen LogP contribution in [0, 0.1) is 6.92 Å². The Bertz CT molecular complexity index is 669. The van der Waals surface area contributed by atoms with E-state index in [2.05, 4.69) is 20.8 Å². The molecular weight excluding hydrogens is 292 g/mol. The number of hydrogen-bond acceptors (Lipinski definition) is 5. The largest absolute Gasteiger partial charge is 0.494 e. The molecule has 0 unspecified atom stereocenters. The number of aromatic nitrogens is 1. The number of nitrogens with zero attached hydrogens (tertiary/aromatic N) is 2. The number of amides is 1. The molecule has 2 N–H and O–H groups in total. The van der Waals surface area contributed by atoms with Crippen LogP contribution >= 0.6 is 0 Å². The maximum absolute atomic E-state index is 11.7. The number of rotatable bonds is 7. The van der Waals surface area contributed by atoms with Crippen LogP contribution in [0.4, 0.5) is 5.69 Å². The van der Waals surface area contributed by atoms with Crippen molar-refractivity contribution in [2.45, 2.75) is 13.8 Å². The van der Waals surface area contributed by atoms with Crippen LogP contribution in [-0.2, 0) is 4.79 Å². The van der Waals surface area contributed by atoms with Gasteiger partial charge in [-0.1, -0.05) is 6.07 Å². The molecule has 0 atom stereocenters. The van der Waals surface area contributed by atoms with Crippen molar-refractivity contribution in [1.82, 2.24) is 10.4 Å². The minimum absolute atomic E-state index is 0.132. The van der Waals surface area contributed by atoms with Gasteiger partial charge in [0.15, 0.2) is 0 Å². The molecule has 6 heteroatoms. The van der Waals surface area contributed by atoms with E-state index in [-0.39, 0.29) is 12.5 Å². The number of carbonyl (C=O) groups excluding carboxylic acids is 1. The van der Waals surface area contributed by atoms with Gasteiger partial charge in [0.25, 0.3) is 5.91 Å². The van der Waals surface area contributed by atoms with E-state index < -0.39 is 0 Å². The summed E-state index contributed by atoms with van der Waals surface area (Å²) in [6.45, 7) is 4.59. The number of nitrogens with one attached hydrogen (secondary N) is 2. The highest BCUT2D eigenvalue weighted by Crippen LogP contribution is 2.15. The molecule has 0 saturated heterocycles. The summed E-state index contributed by atoms with van der Waals surface area (Å²) in [4.78, 5) is 16.0. The van der Waals surface area contributed by atoms with Gasteiger partial charge >= 0.3 is 0 Å². The Morgan fingerprint density at radius 2 is 2.04 bits per heavy atom. The maximum Gasteiger partial charge on any atom is 0.259 e. The molecule has 1 amide bonds. The second-order valence-electron chi connectivity index (χ2n) is 4.81. The van der Waals surface area contributed by atoms with Crippen LogP contribution in [0.25, 0.3) is 0 Å². The molecule has 0 bridgehead atoms. The van der Waals surface area contributed by atoms with Gasteiger partial charge in [-0.25, -0.2) is 5.43 Å². The topological polar surface area (TPSA) is 75.6 Å². The minimum Gasteiger partial charge on any atom is -0.494 e. The standard InChI is InChI=1S/C17H20N4O2/c1-3-23-16-9-7-14(8-10-16)18-12-17(22)21-19-11-15-6-4-5-13(2)20-15/h4-11,18H,3,12H2,1-2H3,(H,21,22)/b19-11+. The number of anilines is 1. The zero-order valence-corrected chi connectivity index (χ0v) is 13.2. The molecule has 6 nitrogen and oxygen atoms in total. The molecule has 0 aliphatic heterocycles. The Kier molecular flexibility index (Phi) is 6.11. The third-order valence-electron chi connectivity index (χ3n) is 2.91. The lowest BCUT2D eigenvalue weighted by Gasteiger charge is -2.07. The van der Waals surface area contributed by atoms with Crippen LogP contribution in [0.5, 0.6) is 5.75 Å². The van der Waals surface area contributed by atoms with E-state index in [9.17, 15) is 4.79 Å². The maximum atomic E-state index is 11.7. The van der Waals surface area contributed by atoms with Crippen LogP contribution in [0.15, 0.2) is 47.6 Å². The Labute approximate surface area is 135 Å². The van der Waals surface area contributed by atoms with Gasteiger partial charge in [-0.2, -0.15) is 5.10 Å². The lowest BCUT2D eigenvalue weighted by Crippen LogP contribution is -2.25. The summed E-state index contributed by atoms with van der Waals surface area (Å²) in [5, 5.41) is 6.90.